The summed E-state index contributed by atoms with van der Waals surface area (Å²) in [5, 5.41) is 2.85. The van der Waals surface area contributed by atoms with E-state index in [0.29, 0.717) is 6.54 Å². The number of ether oxygens (including phenoxy) is 2. The lowest BCUT2D eigenvalue weighted by molar-refractivity contribution is -0.143. The smallest absolute Gasteiger partial charge is 0.246 e. The van der Waals surface area contributed by atoms with Crippen LogP contribution in [0.3, 0.4) is 0 Å². The van der Waals surface area contributed by atoms with Gasteiger partial charge in [-0.1, -0.05) is 0 Å². The predicted molar refractivity (Wildman–Crippen MR) is 59.2 cm³/mol. The Bertz CT molecular complexity index is 242. The molecule has 1 atom stereocenters. The van der Waals surface area contributed by atoms with Crippen LogP contribution in [0.25, 0.3) is 0 Å². The molecular formula is C11H20N2O3. The first-order valence-electron chi connectivity index (χ1n) is 5.89. The van der Waals surface area contributed by atoms with Crippen molar-refractivity contribution in [1.29, 1.82) is 0 Å². The quantitative estimate of drug-likeness (QED) is 0.715. The third-order valence-corrected chi connectivity index (χ3v) is 3.27. The van der Waals surface area contributed by atoms with E-state index < -0.39 is 0 Å². The molecule has 2 aliphatic rings. The maximum atomic E-state index is 11.0. The first-order chi connectivity index (χ1) is 7.68. The highest BCUT2D eigenvalue weighted by molar-refractivity contribution is 5.77. The zero-order valence-electron chi connectivity index (χ0n) is 9.83. The first-order valence-corrected chi connectivity index (χ1v) is 5.89. The fourth-order valence-corrected chi connectivity index (χ4v) is 2.01. The van der Waals surface area contributed by atoms with Crippen LogP contribution in [-0.4, -0.2) is 62.4 Å². The van der Waals surface area contributed by atoms with Crippen LogP contribution in [0.15, 0.2) is 0 Å². The SMILES string of the molecule is CC1(CCN2CCOCC2)CNC(=O)CO1. The lowest BCUT2D eigenvalue weighted by Gasteiger charge is -2.36. The fraction of sp³-hybridized carbons (Fsp3) is 0.909. The summed E-state index contributed by atoms with van der Waals surface area (Å²) >= 11 is 0. The van der Waals surface area contributed by atoms with E-state index in [0.717, 1.165) is 39.3 Å². The lowest BCUT2D eigenvalue weighted by atomic mass is 10.0. The molecule has 2 aliphatic heterocycles. The van der Waals surface area contributed by atoms with Crippen LogP contribution in [0.5, 0.6) is 0 Å². The molecule has 1 N–H and O–H groups in total. The van der Waals surface area contributed by atoms with E-state index in [2.05, 4.69) is 17.1 Å². The van der Waals surface area contributed by atoms with Gasteiger partial charge in [0.25, 0.3) is 0 Å². The zero-order valence-corrected chi connectivity index (χ0v) is 9.83. The van der Waals surface area contributed by atoms with Gasteiger partial charge in [-0.2, -0.15) is 0 Å². The maximum Gasteiger partial charge on any atom is 0.246 e. The number of nitrogens with one attached hydrogen (secondary N) is 1. The molecule has 1 amide bonds. The Labute approximate surface area is 96.1 Å². The Morgan fingerprint density at radius 1 is 1.44 bits per heavy atom. The van der Waals surface area contributed by atoms with Crippen LogP contribution >= 0.6 is 0 Å². The van der Waals surface area contributed by atoms with Gasteiger partial charge < -0.3 is 14.8 Å². The molecule has 2 heterocycles. The van der Waals surface area contributed by atoms with Crippen LogP contribution in [0.2, 0.25) is 0 Å². The monoisotopic (exact) mass is 228 g/mol. The van der Waals surface area contributed by atoms with Crippen molar-refractivity contribution >= 4 is 5.91 Å². The Balaban J connectivity index is 1.73. The van der Waals surface area contributed by atoms with Crippen molar-refractivity contribution in [3.8, 4) is 0 Å². The van der Waals surface area contributed by atoms with E-state index in [1.807, 2.05) is 0 Å². The summed E-state index contributed by atoms with van der Waals surface area (Å²) in [5.74, 6) is -0.0103. The second-order valence-corrected chi connectivity index (χ2v) is 4.72. The van der Waals surface area contributed by atoms with Crippen LogP contribution in [0.1, 0.15) is 13.3 Å². The largest absolute Gasteiger partial charge is 0.379 e. The number of morpholine rings is 2. The third kappa shape index (κ3) is 3.17. The number of carbonyl (C=O) groups excluding carboxylic acids is 1. The van der Waals surface area contributed by atoms with Crippen molar-refractivity contribution in [1.82, 2.24) is 10.2 Å². The minimum Gasteiger partial charge on any atom is -0.379 e. The minimum absolute atomic E-state index is 0.0103. The molecule has 2 saturated heterocycles. The number of amides is 1. The van der Waals surface area contributed by atoms with Crippen LogP contribution in [0.4, 0.5) is 0 Å². The maximum absolute atomic E-state index is 11.0. The van der Waals surface area contributed by atoms with Crippen LogP contribution in [-0.2, 0) is 14.3 Å². The highest BCUT2D eigenvalue weighted by Gasteiger charge is 2.31. The number of hydrogen-bond acceptors (Lipinski definition) is 4. The highest BCUT2D eigenvalue weighted by Crippen LogP contribution is 2.18. The molecule has 0 aromatic rings. The van der Waals surface area contributed by atoms with Crippen molar-refractivity contribution in [2.24, 2.45) is 0 Å². The van der Waals surface area contributed by atoms with Gasteiger partial charge in [0.05, 0.1) is 18.8 Å². The van der Waals surface area contributed by atoms with Gasteiger partial charge in [0.1, 0.15) is 6.61 Å². The Kier molecular flexibility index (Phi) is 3.78. The molecule has 0 saturated carbocycles. The van der Waals surface area contributed by atoms with Gasteiger partial charge in [0, 0.05) is 26.2 Å². The van der Waals surface area contributed by atoms with Crippen molar-refractivity contribution in [3.05, 3.63) is 0 Å². The molecule has 5 nitrogen and oxygen atoms in total. The average Bonchev–Trinajstić information content (AvgIpc) is 2.33. The Hall–Kier alpha value is -0.650. The molecule has 0 aromatic heterocycles. The van der Waals surface area contributed by atoms with Gasteiger partial charge in [-0.15, -0.1) is 0 Å². The summed E-state index contributed by atoms with van der Waals surface area (Å²) < 4.78 is 10.9. The Morgan fingerprint density at radius 3 is 2.81 bits per heavy atom. The molecule has 0 spiro atoms. The molecule has 0 aromatic carbocycles. The van der Waals surface area contributed by atoms with Gasteiger partial charge in [0.2, 0.25) is 5.91 Å². The molecule has 0 radical (unpaired) electrons. The molecule has 1 unspecified atom stereocenters. The number of carbonyl (C=O) groups is 1. The van der Waals surface area contributed by atoms with Gasteiger partial charge in [-0.25, -0.2) is 0 Å². The summed E-state index contributed by atoms with van der Waals surface area (Å²) in [4.78, 5) is 13.4. The summed E-state index contributed by atoms with van der Waals surface area (Å²) in [6.45, 7) is 7.55. The normalized spacial score (nSPS) is 32.4. The summed E-state index contributed by atoms with van der Waals surface area (Å²) in [5.41, 5.74) is -0.202. The standard InChI is InChI=1S/C11H20N2O3/c1-11(9-12-10(14)8-16-11)2-3-13-4-6-15-7-5-13/h2-9H2,1H3,(H,12,14). The Morgan fingerprint density at radius 2 is 2.19 bits per heavy atom. The van der Waals surface area contributed by atoms with Gasteiger partial charge in [-0.3, -0.25) is 9.69 Å². The molecule has 2 rings (SSSR count). The van der Waals surface area contributed by atoms with Gasteiger partial charge in [-0.05, 0) is 13.3 Å². The van der Waals surface area contributed by atoms with E-state index in [4.69, 9.17) is 9.47 Å². The topological polar surface area (TPSA) is 50.8 Å². The van der Waals surface area contributed by atoms with Crippen molar-refractivity contribution in [3.63, 3.8) is 0 Å². The molecular weight excluding hydrogens is 208 g/mol. The van der Waals surface area contributed by atoms with E-state index in [9.17, 15) is 4.79 Å². The van der Waals surface area contributed by atoms with E-state index in [1.54, 1.807) is 0 Å². The molecule has 16 heavy (non-hydrogen) atoms. The van der Waals surface area contributed by atoms with Crippen LogP contribution in [0, 0.1) is 0 Å². The fourth-order valence-electron chi connectivity index (χ4n) is 2.01. The molecule has 2 fully saturated rings. The second-order valence-electron chi connectivity index (χ2n) is 4.72. The third-order valence-electron chi connectivity index (χ3n) is 3.27. The van der Waals surface area contributed by atoms with Gasteiger partial charge in [0.15, 0.2) is 0 Å². The number of nitrogens with zero attached hydrogens (tertiary/aromatic N) is 1. The predicted octanol–water partition coefficient (Wildman–Crippen LogP) is -0.386. The van der Waals surface area contributed by atoms with E-state index >= 15 is 0 Å². The molecule has 92 valence electrons. The summed E-state index contributed by atoms with van der Waals surface area (Å²) in [6.07, 6.45) is 0.952. The molecule has 0 aliphatic carbocycles. The molecule has 5 heteroatoms. The highest BCUT2D eigenvalue weighted by atomic mass is 16.5. The van der Waals surface area contributed by atoms with E-state index in [1.165, 1.54) is 0 Å². The van der Waals surface area contributed by atoms with E-state index in [-0.39, 0.29) is 18.1 Å². The van der Waals surface area contributed by atoms with Crippen LogP contribution < -0.4 is 5.32 Å². The zero-order chi connectivity index (χ0) is 11.4. The number of hydrogen-bond donors (Lipinski definition) is 1. The molecule has 0 bridgehead atoms. The number of rotatable bonds is 3. The summed E-state index contributed by atoms with van der Waals surface area (Å²) in [7, 11) is 0. The summed E-state index contributed by atoms with van der Waals surface area (Å²) in [6, 6.07) is 0. The second kappa shape index (κ2) is 5.12. The van der Waals surface area contributed by atoms with Crippen molar-refractivity contribution in [2.75, 3.05) is 46.0 Å². The van der Waals surface area contributed by atoms with Crippen molar-refractivity contribution < 1.29 is 14.3 Å². The minimum atomic E-state index is -0.202. The first kappa shape index (κ1) is 11.8. The lowest BCUT2D eigenvalue weighted by Crippen LogP contribution is -2.52. The average molecular weight is 228 g/mol. The van der Waals surface area contributed by atoms with Crippen molar-refractivity contribution in [2.45, 2.75) is 18.9 Å². The van der Waals surface area contributed by atoms with Gasteiger partial charge >= 0.3 is 0 Å².